The van der Waals surface area contributed by atoms with Crippen LogP contribution in [0.15, 0.2) is 4.99 Å². The van der Waals surface area contributed by atoms with Crippen LogP contribution >= 0.6 is 25.3 Å². The van der Waals surface area contributed by atoms with Crippen molar-refractivity contribution >= 4 is 72.7 Å². The third-order valence-electron chi connectivity index (χ3n) is 5.70. The van der Waals surface area contributed by atoms with Gasteiger partial charge in [0, 0.05) is 24.5 Å². The van der Waals surface area contributed by atoms with Crippen LogP contribution in [0.3, 0.4) is 0 Å². The summed E-state index contributed by atoms with van der Waals surface area (Å²) in [6, 6.07) is -7.34. The molecule has 0 saturated carbocycles. The molecule has 0 aromatic carbocycles. The second-order valence-electron chi connectivity index (χ2n) is 9.34. The number of aliphatic imine (C=N–C) groups is 1. The quantitative estimate of drug-likeness (QED) is 0.0257. The normalized spacial score (nSPS) is 14.8. The third kappa shape index (κ3) is 15.9. The van der Waals surface area contributed by atoms with E-state index in [4.69, 9.17) is 27.4 Å². The Labute approximate surface area is 258 Å². The summed E-state index contributed by atoms with van der Waals surface area (Å²) in [5, 5.41) is 29.6. The maximum atomic E-state index is 12.8. The van der Waals surface area contributed by atoms with Gasteiger partial charge in [0.15, 0.2) is 5.96 Å². The number of nitrogens with one attached hydrogen (secondary N) is 5. The van der Waals surface area contributed by atoms with Crippen molar-refractivity contribution in [2.75, 3.05) is 18.1 Å². The number of thiol groups is 2. The molecule has 13 N–H and O–H groups in total. The minimum absolute atomic E-state index is 0.0352. The largest absolute Gasteiger partial charge is 0.481 e. The van der Waals surface area contributed by atoms with Gasteiger partial charge in [0.1, 0.15) is 30.2 Å². The van der Waals surface area contributed by atoms with Crippen LogP contribution in [0, 0.1) is 0 Å². The van der Waals surface area contributed by atoms with Gasteiger partial charge in [-0.3, -0.25) is 38.6 Å². The number of hydrogen-bond donors (Lipinski definition) is 12. The Hall–Kier alpha value is -3.78. The van der Waals surface area contributed by atoms with E-state index in [-0.39, 0.29) is 49.7 Å². The van der Waals surface area contributed by atoms with Gasteiger partial charge in [0.2, 0.25) is 29.5 Å². The average Bonchev–Trinajstić information content (AvgIpc) is 2.93. The van der Waals surface area contributed by atoms with E-state index in [0.717, 1.165) is 0 Å². The first-order valence-corrected chi connectivity index (χ1v) is 14.3. The predicted octanol–water partition coefficient (Wildman–Crippen LogP) is -4.36. The molecular weight excluding hydrogens is 610 g/mol. The van der Waals surface area contributed by atoms with E-state index in [0.29, 0.717) is 0 Å². The molecule has 0 radical (unpaired) electrons. The smallest absolute Gasteiger partial charge is 0.325 e. The van der Waals surface area contributed by atoms with Crippen molar-refractivity contribution in [2.24, 2.45) is 22.2 Å². The number of nitrogens with zero attached hydrogens (tertiary/aromatic N) is 1. The Kier molecular flexibility index (Phi) is 18.4. The number of carbonyl (C=O) groups excluding carboxylic acids is 5. The van der Waals surface area contributed by atoms with Crippen molar-refractivity contribution in [2.45, 2.75) is 75.8 Å². The maximum Gasteiger partial charge on any atom is 0.325 e. The zero-order valence-corrected chi connectivity index (χ0v) is 25.5. The second kappa shape index (κ2) is 20.2. The SMILES string of the molecule is CC(NC(=O)C(CCCN=C(N)N)NC(=O)C(C)NC(=O)C(CS)NC(=O)C(CS)NC(=O)C(N)CCC(=O)O)C(=O)O. The van der Waals surface area contributed by atoms with Crippen molar-refractivity contribution in [1.29, 1.82) is 0 Å². The van der Waals surface area contributed by atoms with Gasteiger partial charge in [0.25, 0.3) is 0 Å². The molecule has 0 aliphatic heterocycles. The average molecular weight is 652 g/mol. The molecule has 244 valence electrons. The Balaban J connectivity index is 5.30. The number of nitrogens with two attached hydrogens (primary N) is 3. The van der Waals surface area contributed by atoms with E-state index in [1.165, 1.54) is 13.8 Å². The van der Waals surface area contributed by atoms with Crippen molar-refractivity contribution in [3.8, 4) is 0 Å². The fraction of sp³-hybridized carbons (Fsp3) is 0.652. The molecule has 0 bridgehead atoms. The van der Waals surface area contributed by atoms with Crippen molar-refractivity contribution < 1.29 is 43.8 Å². The van der Waals surface area contributed by atoms with E-state index < -0.39 is 77.7 Å². The molecular formula is C23H41N9O9S2. The molecule has 0 heterocycles. The summed E-state index contributed by atoms with van der Waals surface area (Å²) in [6.45, 7) is 2.69. The number of aliphatic carboxylic acids is 2. The number of carboxylic acid groups (broad SMARTS) is 2. The first-order valence-electron chi connectivity index (χ1n) is 13.0. The van der Waals surface area contributed by atoms with Gasteiger partial charge in [-0.1, -0.05) is 0 Å². The highest BCUT2D eigenvalue weighted by Gasteiger charge is 2.30. The van der Waals surface area contributed by atoms with E-state index in [2.05, 4.69) is 56.8 Å². The van der Waals surface area contributed by atoms with Crippen molar-refractivity contribution in [3.05, 3.63) is 0 Å². The maximum absolute atomic E-state index is 12.8. The topological polar surface area (TPSA) is 311 Å². The standard InChI is InChI=1S/C23H41N9O9S2/c1-10(17(35)30-13(4-3-7-27-23(25)26)19(37)29-11(2)22(40)41)28-20(38)14(8-42)32-21(39)15(9-43)31-18(36)12(24)5-6-16(33)34/h10-15,42-43H,3-9,24H2,1-2H3,(H,28,38)(H,29,37)(H,30,35)(H,31,36)(H,32,39)(H,33,34)(H,40,41)(H4,25,26,27). The zero-order chi connectivity index (χ0) is 33.3. The molecule has 0 aromatic rings. The molecule has 0 rings (SSSR count). The molecule has 43 heavy (non-hydrogen) atoms. The number of guanidine groups is 1. The molecule has 20 heteroatoms. The van der Waals surface area contributed by atoms with Gasteiger partial charge >= 0.3 is 11.9 Å². The minimum atomic E-state index is -1.29. The van der Waals surface area contributed by atoms with E-state index in [1.54, 1.807) is 0 Å². The number of carbonyl (C=O) groups is 7. The summed E-state index contributed by atoms with van der Waals surface area (Å²) in [5.41, 5.74) is 16.2. The summed E-state index contributed by atoms with van der Waals surface area (Å²) in [6.07, 6.45) is -0.237. The van der Waals surface area contributed by atoms with E-state index in [1.807, 2.05) is 0 Å². The summed E-state index contributed by atoms with van der Waals surface area (Å²) in [7, 11) is 0. The lowest BCUT2D eigenvalue weighted by Gasteiger charge is -2.25. The Morgan fingerprint density at radius 2 is 1.16 bits per heavy atom. The van der Waals surface area contributed by atoms with Crippen LogP contribution in [0.2, 0.25) is 0 Å². The summed E-state index contributed by atoms with van der Waals surface area (Å²) >= 11 is 8.08. The van der Waals surface area contributed by atoms with Crippen LogP contribution in [0.25, 0.3) is 0 Å². The Morgan fingerprint density at radius 3 is 1.65 bits per heavy atom. The minimum Gasteiger partial charge on any atom is -0.481 e. The molecule has 6 atom stereocenters. The molecule has 6 unspecified atom stereocenters. The summed E-state index contributed by atoms with van der Waals surface area (Å²) < 4.78 is 0. The van der Waals surface area contributed by atoms with Gasteiger partial charge in [-0.2, -0.15) is 25.3 Å². The van der Waals surface area contributed by atoms with Gasteiger partial charge in [-0.25, -0.2) is 0 Å². The Morgan fingerprint density at radius 1 is 0.698 bits per heavy atom. The van der Waals surface area contributed by atoms with Crippen molar-refractivity contribution in [3.63, 3.8) is 0 Å². The molecule has 0 spiro atoms. The molecule has 0 aliphatic carbocycles. The molecule has 0 fully saturated rings. The van der Waals surface area contributed by atoms with Crippen LogP contribution in [-0.4, -0.2) is 112 Å². The highest BCUT2D eigenvalue weighted by Crippen LogP contribution is 2.02. The highest BCUT2D eigenvalue weighted by atomic mass is 32.1. The lowest BCUT2D eigenvalue weighted by Crippen LogP contribution is -2.59. The Bertz CT molecular complexity index is 1040. The van der Waals surface area contributed by atoms with Crippen LogP contribution in [-0.2, 0) is 33.6 Å². The lowest BCUT2D eigenvalue weighted by atomic mass is 10.1. The van der Waals surface area contributed by atoms with Crippen LogP contribution in [0.1, 0.15) is 39.5 Å². The first kappa shape index (κ1) is 39.2. The number of rotatable bonds is 20. The molecule has 18 nitrogen and oxygen atoms in total. The highest BCUT2D eigenvalue weighted by molar-refractivity contribution is 7.80. The van der Waals surface area contributed by atoms with Gasteiger partial charge in [-0.05, 0) is 33.1 Å². The second-order valence-corrected chi connectivity index (χ2v) is 10.1. The first-order chi connectivity index (χ1) is 20.0. The number of hydrogen-bond acceptors (Lipinski definition) is 11. The van der Waals surface area contributed by atoms with Crippen LogP contribution < -0.4 is 43.8 Å². The van der Waals surface area contributed by atoms with Crippen LogP contribution in [0.4, 0.5) is 0 Å². The summed E-state index contributed by atoms with van der Waals surface area (Å²) in [5.74, 6) is -7.00. The fourth-order valence-corrected chi connectivity index (χ4v) is 3.69. The van der Waals surface area contributed by atoms with Gasteiger partial charge < -0.3 is 54.0 Å². The lowest BCUT2D eigenvalue weighted by molar-refractivity contribution is -0.142. The fourth-order valence-electron chi connectivity index (χ4n) is 3.17. The van der Waals surface area contributed by atoms with Gasteiger partial charge in [-0.15, -0.1) is 0 Å². The van der Waals surface area contributed by atoms with E-state index in [9.17, 15) is 33.6 Å². The summed E-state index contributed by atoms with van der Waals surface area (Å²) in [4.78, 5) is 88.8. The number of carboxylic acids is 2. The predicted molar refractivity (Wildman–Crippen MR) is 161 cm³/mol. The molecule has 0 saturated heterocycles. The van der Waals surface area contributed by atoms with Gasteiger partial charge in [0.05, 0.1) is 6.04 Å². The molecule has 5 amide bonds. The molecule has 0 aliphatic rings. The zero-order valence-electron chi connectivity index (χ0n) is 23.7. The number of amides is 5. The monoisotopic (exact) mass is 651 g/mol. The van der Waals surface area contributed by atoms with Crippen molar-refractivity contribution in [1.82, 2.24) is 26.6 Å². The van der Waals surface area contributed by atoms with Crippen LogP contribution in [0.5, 0.6) is 0 Å². The third-order valence-corrected chi connectivity index (χ3v) is 6.43. The molecule has 0 aromatic heterocycles. The van der Waals surface area contributed by atoms with E-state index >= 15 is 0 Å².